The molecule has 1 unspecified atom stereocenters. The third-order valence-electron chi connectivity index (χ3n) is 5.64. The molecular weight excluding hydrogens is 452 g/mol. The molecular formula is C25H24N4O4S. The summed E-state index contributed by atoms with van der Waals surface area (Å²) in [5.74, 6) is -0.592. The summed E-state index contributed by atoms with van der Waals surface area (Å²) < 4.78 is 1.31. The number of amides is 2. The summed E-state index contributed by atoms with van der Waals surface area (Å²) in [6.07, 6.45) is 1.72. The summed E-state index contributed by atoms with van der Waals surface area (Å²) in [6.45, 7) is 5.43. The highest BCUT2D eigenvalue weighted by Gasteiger charge is 2.25. The molecule has 2 heterocycles. The highest BCUT2D eigenvalue weighted by Crippen LogP contribution is 2.29. The van der Waals surface area contributed by atoms with E-state index in [0.717, 1.165) is 16.9 Å². The zero-order valence-corrected chi connectivity index (χ0v) is 19.8. The Morgan fingerprint density at radius 3 is 2.47 bits per heavy atom. The van der Waals surface area contributed by atoms with E-state index in [1.807, 2.05) is 31.2 Å². The molecule has 2 aromatic carbocycles. The van der Waals surface area contributed by atoms with Crippen molar-refractivity contribution in [3.05, 3.63) is 81.2 Å². The van der Waals surface area contributed by atoms with Gasteiger partial charge in [0.1, 0.15) is 16.6 Å². The lowest BCUT2D eigenvalue weighted by Crippen LogP contribution is -2.33. The lowest BCUT2D eigenvalue weighted by Gasteiger charge is -2.17. The van der Waals surface area contributed by atoms with Gasteiger partial charge in [-0.25, -0.2) is 4.98 Å². The fraction of sp³-hybridized carbons (Fsp3) is 0.200. The molecule has 0 bridgehead atoms. The van der Waals surface area contributed by atoms with Crippen LogP contribution in [0.2, 0.25) is 0 Å². The normalized spacial score (nSPS) is 11.9. The second kappa shape index (κ2) is 9.48. The molecule has 0 fully saturated rings. The van der Waals surface area contributed by atoms with E-state index in [1.165, 1.54) is 23.0 Å². The van der Waals surface area contributed by atoms with Crippen molar-refractivity contribution in [1.82, 2.24) is 9.55 Å². The molecule has 174 valence electrons. The molecule has 4 rings (SSSR count). The predicted octanol–water partition coefficient (Wildman–Crippen LogP) is 4.62. The van der Waals surface area contributed by atoms with Gasteiger partial charge in [0.2, 0.25) is 5.91 Å². The molecule has 0 aliphatic rings. The number of para-hydroxylation sites is 1. The Labute approximate surface area is 199 Å². The summed E-state index contributed by atoms with van der Waals surface area (Å²) >= 11 is 1.15. The maximum Gasteiger partial charge on any atom is 0.266 e. The molecule has 0 radical (unpaired) electrons. The SMILES string of the molecule is CCC(C(=O)Nc1ccc(O)cc1)n1cnc2sc(C(=O)Nc3ccccc3C)c(C)c2c1=O. The van der Waals surface area contributed by atoms with E-state index in [2.05, 4.69) is 15.6 Å². The second-order valence-electron chi connectivity index (χ2n) is 7.92. The van der Waals surface area contributed by atoms with Gasteiger partial charge in [-0.05, 0) is 61.7 Å². The number of hydrogen-bond donors (Lipinski definition) is 3. The fourth-order valence-corrected chi connectivity index (χ4v) is 4.78. The standard InChI is InChI=1S/C25H24N4O4S/c1-4-19(22(31)27-16-9-11-17(30)12-10-16)29-13-26-24-20(25(29)33)15(3)21(34-24)23(32)28-18-8-6-5-7-14(18)2/h5-13,19,30H,4H2,1-3H3,(H,27,31)(H,28,32). The van der Waals surface area contributed by atoms with Gasteiger partial charge in [-0.15, -0.1) is 11.3 Å². The van der Waals surface area contributed by atoms with Gasteiger partial charge < -0.3 is 15.7 Å². The summed E-state index contributed by atoms with van der Waals surface area (Å²) in [7, 11) is 0. The molecule has 34 heavy (non-hydrogen) atoms. The first kappa shape index (κ1) is 23.2. The molecule has 0 aliphatic carbocycles. The first-order valence-electron chi connectivity index (χ1n) is 10.8. The monoisotopic (exact) mass is 476 g/mol. The van der Waals surface area contributed by atoms with Gasteiger partial charge in [0, 0.05) is 11.4 Å². The number of hydrogen-bond acceptors (Lipinski definition) is 6. The topological polar surface area (TPSA) is 113 Å². The van der Waals surface area contributed by atoms with Gasteiger partial charge in [-0.2, -0.15) is 0 Å². The van der Waals surface area contributed by atoms with Crippen LogP contribution in [0.1, 0.15) is 40.2 Å². The van der Waals surface area contributed by atoms with Crippen molar-refractivity contribution in [2.45, 2.75) is 33.2 Å². The highest BCUT2D eigenvalue weighted by atomic mass is 32.1. The third-order valence-corrected chi connectivity index (χ3v) is 6.83. The minimum Gasteiger partial charge on any atom is -0.508 e. The zero-order valence-electron chi connectivity index (χ0n) is 19.0. The van der Waals surface area contributed by atoms with Crippen LogP contribution >= 0.6 is 11.3 Å². The molecule has 0 spiro atoms. The Hall–Kier alpha value is -3.98. The van der Waals surface area contributed by atoms with Crippen molar-refractivity contribution in [2.24, 2.45) is 0 Å². The number of phenols is 1. The Kier molecular flexibility index (Phi) is 6.47. The predicted molar refractivity (Wildman–Crippen MR) is 134 cm³/mol. The van der Waals surface area contributed by atoms with Crippen LogP contribution in [-0.2, 0) is 4.79 Å². The van der Waals surface area contributed by atoms with Crippen molar-refractivity contribution in [3.8, 4) is 5.75 Å². The average Bonchev–Trinajstić information content (AvgIpc) is 3.16. The van der Waals surface area contributed by atoms with Crippen molar-refractivity contribution in [2.75, 3.05) is 10.6 Å². The van der Waals surface area contributed by atoms with E-state index in [-0.39, 0.29) is 23.1 Å². The summed E-state index contributed by atoms with van der Waals surface area (Å²) in [6, 6.07) is 12.8. The lowest BCUT2D eigenvalue weighted by atomic mass is 10.1. The molecule has 9 heteroatoms. The molecule has 0 saturated heterocycles. The van der Waals surface area contributed by atoms with E-state index in [0.29, 0.717) is 38.5 Å². The highest BCUT2D eigenvalue weighted by molar-refractivity contribution is 7.20. The quantitative estimate of drug-likeness (QED) is 0.351. The summed E-state index contributed by atoms with van der Waals surface area (Å²) in [5, 5.41) is 15.4. The number of carbonyl (C=O) groups excluding carboxylic acids is 2. The lowest BCUT2D eigenvalue weighted by molar-refractivity contribution is -0.119. The van der Waals surface area contributed by atoms with E-state index in [4.69, 9.17) is 0 Å². The number of anilines is 2. The maximum absolute atomic E-state index is 13.4. The van der Waals surface area contributed by atoms with E-state index in [1.54, 1.807) is 26.0 Å². The van der Waals surface area contributed by atoms with E-state index >= 15 is 0 Å². The third kappa shape index (κ3) is 4.42. The number of fused-ring (bicyclic) bond motifs is 1. The number of nitrogens with one attached hydrogen (secondary N) is 2. The molecule has 4 aromatic rings. The van der Waals surface area contributed by atoms with Gasteiger partial charge in [-0.3, -0.25) is 19.0 Å². The van der Waals surface area contributed by atoms with Crippen LogP contribution in [0, 0.1) is 13.8 Å². The molecule has 3 N–H and O–H groups in total. The van der Waals surface area contributed by atoms with Crippen molar-refractivity contribution in [1.29, 1.82) is 0 Å². The minimum atomic E-state index is -0.790. The van der Waals surface area contributed by atoms with Crippen LogP contribution in [0.25, 0.3) is 10.2 Å². The number of aryl methyl sites for hydroxylation is 2. The Morgan fingerprint density at radius 2 is 1.79 bits per heavy atom. The Bertz CT molecular complexity index is 1440. The molecule has 2 aromatic heterocycles. The summed E-state index contributed by atoms with van der Waals surface area (Å²) in [5.41, 5.74) is 2.30. The van der Waals surface area contributed by atoms with Crippen molar-refractivity contribution >= 4 is 44.7 Å². The molecule has 0 aliphatic heterocycles. The van der Waals surface area contributed by atoms with Crippen LogP contribution in [0.3, 0.4) is 0 Å². The van der Waals surface area contributed by atoms with Crippen LogP contribution in [-0.4, -0.2) is 26.5 Å². The first-order chi connectivity index (χ1) is 16.3. The van der Waals surface area contributed by atoms with Gasteiger partial charge in [-0.1, -0.05) is 25.1 Å². The molecule has 1 atom stereocenters. The second-order valence-corrected chi connectivity index (χ2v) is 8.92. The minimum absolute atomic E-state index is 0.0890. The number of carbonyl (C=O) groups is 2. The molecule has 8 nitrogen and oxygen atoms in total. The van der Waals surface area contributed by atoms with Crippen LogP contribution in [0.15, 0.2) is 59.7 Å². The number of benzene rings is 2. The van der Waals surface area contributed by atoms with Gasteiger partial charge in [0.15, 0.2) is 0 Å². The smallest absolute Gasteiger partial charge is 0.266 e. The van der Waals surface area contributed by atoms with Gasteiger partial charge in [0.25, 0.3) is 11.5 Å². The number of thiophene rings is 1. The first-order valence-corrected chi connectivity index (χ1v) is 11.6. The number of aromatic hydroxyl groups is 1. The van der Waals surface area contributed by atoms with Gasteiger partial charge >= 0.3 is 0 Å². The van der Waals surface area contributed by atoms with Crippen molar-refractivity contribution < 1.29 is 14.7 Å². The number of phenolic OH excluding ortho intramolecular Hbond substituents is 1. The Morgan fingerprint density at radius 1 is 1.09 bits per heavy atom. The number of aromatic nitrogens is 2. The van der Waals surface area contributed by atoms with E-state index < -0.39 is 6.04 Å². The summed E-state index contributed by atoms with van der Waals surface area (Å²) in [4.78, 5) is 44.5. The average molecular weight is 477 g/mol. The largest absolute Gasteiger partial charge is 0.508 e. The van der Waals surface area contributed by atoms with Crippen LogP contribution < -0.4 is 16.2 Å². The van der Waals surface area contributed by atoms with Crippen molar-refractivity contribution in [3.63, 3.8) is 0 Å². The maximum atomic E-state index is 13.4. The fourth-order valence-electron chi connectivity index (χ4n) is 3.75. The number of rotatable bonds is 6. The van der Waals surface area contributed by atoms with Gasteiger partial charge in [0.05, 0.1) is 16.6 Å². The molecule has 0 saturated carbocycles. The Balaban J connectivity index is 1.66. The van der Waals surface area contributed by atoms with Crippen LogP contribution in [0.4, 0.5) is 11.4 Å². The van der Waals surface area contributed by atoms with Crippen LogP contribution in [0.5, 0.6) is 5.75 Å². The van der Waals surface area contributed by atoms with E-state index in [9.17, 15) is 19.5 Å². The zero-order chi connectivity index (χ0) is 24.4. The number of nitrogens with zero attached hydrogens (tertiary/aromatic N) is 2. The molecule has 2 amide bonds.